The second-order valence-corrected chi connectivity index (χ2v) is 6.15. The number of guanidine groups is 1. The van der Waals surface area contributed by atoms with E-state index in [4.69, 9.17) is 0 Å². The summed E-state index contributed by atoms with van der Waals surface area (Å²) < 4.78 is 26.9. The molecule has 0 aliphatic heterocycles. The fraction of sp³-hybridized carbons (Fsp3) is 0.250. The van der Waals surface area contributed by atoms with Crippen molar-refractivity contribution >= 4 is 40.8 Å². The van der Waals surface area contributed by atoms with Crippen LogP contribution in [-0.2, 0) is 13.0 Å². The highest BCUT2D eigenvalue weighted by Gasteiger charge is 2.07. The van der Waals surface area contributed by atoms with Gasteiger partial charge in [-0.25, -0.2) is 8.78 Å². The van der Waals surface area contributed by atoms with Crippen LogP contribution < -0.4 is 10.6 Å². The largest absolute Gasteiger partial charge is 0.361 e. The molecule has 7 heteroatoms. The van der Waals surface area contributed by atoms with Crippen molar-refractivity contribution in [3.63, 3.8) is 0 Å². The summed E-state index contributed by atoms with van der Waals surface area (Å²) in [5.74, 6) is -0.352. The third-order valence-corrected chi connectivity index (χ3v) is 4.36. The van der Waals surface area contributed by atoms with Crippen molar-refractivity contribution in [2.75, 3.05) is 13.6 Å². The molecule has 0 saturated heterocycles. The van der Waals surface area contributed by atoms with Crippen molar-refractivity contribution in [2.45, 2.75) is 19.9 Å². The highest BCUT2D eigenvalue weighted by Crippen LogP contribution is 2.22. The number of benzene rings is 2. The van der Waals surface area contributed by atoms with E-state index in [1.165, 1.54) is 22.6 Å². The SMILES string of the molecule is CN=C(NCCc1c[nH]c2cccc(C)c12)NCc1cc(F)ccc1F.I. The van der Waals surface area contributed by atoms with Crippen molar-refractivity contribution in [2.24, 2.45) is 4.99 Å². The smallest absolute Gasteiger partial charge is 0.191 e. The van der Waals surface area contributed by atoms with Crippen LogP contribution in [0.15, 0.2) is 47.6 Å². The highest BCUT2D eigenvalue weighted by molar-refractivity contribution is 14.0. The first-order valence-corrected chi connectivity index (χ1v) is 8.52. The lowest BCUT2D eigenvalue weighted by Crippen LogP contribution is -2.38. The molecule has 144 valence electrons. The number of aryl methyl sites for hydroxylation is 1. The van der Waals surface area contributed by atoms with Crippen LogP contribution in [0, 0.1) is 18.6 Å². The van der Waals surface area contributed by atoms with Crippen molar-refractivity contribution < 1.29 is 8.78 Å². The molecular weight excluding hydrogens is 461 g/mol. The second-order valence-electron chi connectivity index (χ2n) is 6.15. The topological polar surface area (TPSA) is 52.2 Å². The number of fused-ring (bicyclic) bond motifs is 1. The van der Waals surface area contributed by atoms with Gasteiger partial charge in [0, 0.05) is 42.8 Å². The normalized spacial score (nSPS) is 11.3. The van der Waals surface area contributed by atoms with Gasteiger partial charge in [0.15, 0.2) is 5.96 Å². The van der Waals surface area contributed by atoms with E-state index in [2.05, 4.69) is 39.7 Å². The molecule has 0 atom stereocenters. The average molecular weight is 484 g/mol. The first-order valence-electron chi connectivity index (χ1n) is 8.52. The number of hydrogen-bond acceptors (Lipinski definition) is 1. The van der Waals surface area contributed by atoms with Crippen molar-refractivity contribution in [1.82, 2.24) is 15.6 Å². The number of hydrogen-bond donors (Lipinski definition) is 3. The minimum Gasteiger partial charge on any atom is -0.361 e. The van der Waals surface area contributed by atoms with Gasteiger partial charge < -0.3 is 15.6 Å². The number of H-pyrrole nitrogens is 1. The maximum absolute atomic E-state index is 13.7. The van der Waals surface area contributed by atoms with Gasteiger partial charge in [-0.15, -0.1) is 24.0 Å². The molecule has 4 nitrogen and oxygen atoms in total. The number of halogens is 3. The van der Waals surface area contributed by atoms with Crippen LogP contribution in [0.25, 0.3) is 10.9 Å². The lowest BCUT2D eigenvalue weighted by atomic mass is 10.1. The molecule has 2 aromatic carbocycles. The van der Waals surface area contributed by atoms with Crippen molar-refractivity contribution in [3.8, 4) is 0 Å². The number of nitrogens with one attached hydrogen (secondary N) is 3. The molecule has 0 spiro atoms. The highest BCUT2D eigenvalue weighted by atomic mass is 127. The molecule has 27 heavy (non-hydrogen) atoms. The van der Waals surface area contributed by atoms with Gasteiger partial charge in [0.1, 0.15) is 11.6 Å². The Morgan fingerprint density at radius 1 is 1.11 bits per heavy atom. The maximum atomic E-state index is 13.7. The zero-order valence-electron chi connectivity index (χ0n) is 15.3. The number of aliphatic imine (C=N–C) groups is 1. The van der Waals surface area contributed by atoms with Crippen LogP contribution in [0.2, 0.25) is 0 Å². The van der Waals surface area contributed by atoms with E-state index in [-0.39, 0.29) is 36.1 Å². The fourth-order valence-electron chi connectivity index (χ4n) is 3.04. The Balaban J connectivity index is 0.00000261. The molecule has 0 saturated carbocycles. The first-order chi connectivity index (χ1) is 12.6. The van der Waals surface area contributed by atoms with Gasteiger partial charge in [-0.05, 0) is 48.7 Å². The third-order valence-electron chi connectivity index (χ3n) is 4.36. The number of aromatic nitrogens is 1. The summed E-state index contributed by atoms with van der Waals surface area (Å²) in [4.78, 5) is 7.41. The van der Waals surface area contributed by atoms with Crippen LogP contribution in [0.3, 0.4) is 0 Å². The predicted molar refractivity (Wildman–Crippen MR) is 117 cm³/mol. The Morgan fingerprint density at radius 3 is 2.70 bits per heavy atom. The third kappa shape index (κ3) is 5.18. The van der Waals surface area contributed by atoms with Crippen molar-refractivity contribution in [3.05, 3.63) is 70.9 Å². The summed E-state index contributed by atoms with van der Waals surface area (Å²) in [5.41, 5.74) is 3.87. The summed E-state index contributed by atoms with van der Waals surface area (Å²) in [7, 11) is 1.65. The molecule has 3 rings (SSSR count). The van der Waals surface area contributed by atoms with Gasteiger partial charge in [-0.2, -0.15) is 0 Å². The molecule has 3 N–H and O–H groups in total. The number of rotatable bonds is 5. The fourth-order valence-corrected chi connectivity index (χ4v) is 3.04. The minimum absolute atomic E-state index is 0. The Hall–Kier alpha value is -2.16. The monoisotopic (exact) mass is 484 g/mol. The van der Waals surface area contributed by atoms with Gasteiger partial charge in [-0.3, -0.25) is 4.99 Å². The molecule has 3 aromatic rings. The van der Waals surface area contributed by atoms with Crippen LogP contribution in [0.4, 0.5) is 8.78 Å². The summed E-state index contributed by atoms with van der Waals surface area (Å²) in [6.45, 7) is 2.93. The zero-order chi connectivity index (χ0) is 18.5. The van der Waals surface area contributed by atoms with Crippen LogP contribution >= 0.6 is 24.0 Å². The Labute approximate surface area is 174 Å². The molecule has 0 aliphatic rings. The number of aromatic amines is 1. The molecule has 0 radical (unpaired) electrons. The lowest BCUT2D eigenvalue weighted by molar-refractivity contribution is 0.581. The van der Waals surface area contributed by atoms with E-state index in [1.54, 1.807) is 7.05 Å². The molecule has 0 aliphatic carbocycles. The van der Waals surface area contributed by atoms with E-state index < -0.39 is 11.6 Å². The van der Waals surface area contributed by atoms with Crippen LogP contribution in [0.1, 0.15) is 16.7 Å². The average Bonchev–Trinajstić information content (AvgIpc) is 3.05. The zero-order valence-corrected chi connectivity index (χ0v) is 17.6. The molecular formula is C20H23F2IN4. The van der Waals surface area contributed by atoms with Gasteiger partial charge in [0.05, 0.1) is 0 Å². The standard InChI is InChI=1S/C20H22F2N4.HI/c1-13-4-3-5-18-19(13)14(11-25-18)8-9-24-20(23-2)26-12-15-10-16(21)6-7-17(15)22;/h3-7,10-11,25H,8-9,12H2,1-2H3,(H2,23,24,26);1H. The Morgan fingerprint density at radius 2 is 1.93 bits per heavy atom. The second kappa shape index (κ2) is 9.68. The van der Waals surface area contributed by atoms with Gasteiger partial charge in [-0.1, -0.05) is 12.1 Å². The summed E-state index contributed by atoms with van der Waals surface area (Å²) in [5, 5.41) is 7.46. The lowest BCUT2D eigenvalue weighted by Gasteiger charge is -2.12. The van der Waals surface area contributed by atoms with Gasteiger partial charge in [0.2, 0.25) is 0 Å². The first kappa shape index (κ1) is 21.1. The summed E-state index contributed by atoms with van der Waals surface area (Å²) >= 11 is 0. The van der Waals surface area contributed by atoms with E-state index >= 15 is 0 Å². The molecule has 0 unspecified atom stereocenters. The Bertz CT molecular complexity index is 937. The van der Waals surface area contributed by atoms with Crippen LogP contribution in [-0.4, -0.2) is 24.5 Å². The molecule has 0 fully saturated rings. The summed E-state index contributed by atoms with van der Waals surface area (Å²) in [6.07, 6.45) is 2.84. The van der Waals surface area contributed by atoms with Crippen molar-refractivity contribution in [1.29, 1.82) is 0 Å². The number of nitrogens with zero attached hydrogens (tertiary/aromatic N) is 1. The summed E-state index contributed by atoms with van der Waals surface area (Å²) in [6, 6.07) is 9.61. The van der Waals surface area contributed by atoms with E-state index in [1.807, 2.05) is 12.3 Å². The molecule has 1 aromatic heterocycles. The predicted octanol–water partition coefficient (Wildman–Crippen LogP) is 4.28. The van der Waals surface area contributed by atoms with Gasteiger partial charge in [0.25, 0.3) is 0 Å². The quantitative estimate of drug-likeness (QED) is 0.288. The molecule has 0 bridgehead atoms. The molecule has 1 heterocycles. The Kier molecular flexibility index (Phi) is 7.58. The van der Waals surface area contributed by atoms with E-state index in [0.717, 1.165) is 24.1 Å². The van der Waals surface area contributed by atoms with Crippen LogP contribution in [0.5, 0.6) is 0 Å². The van der Waals surface area contributed by atoms with E-state index in [9.17, 15) is 8.78 Å². The van der Waals surface area contributed by atoms with Gasteiger partial charge >= 0.3 is 0 Å². The minimum atomic E-state index is -0.458. The molecule has 0 amide bonds. The maximum Gasteiger partial charge on any atom is 0.191 e. The van der Waals surface area contributed by atoms with E-state index in [0.29, 0.717) is 12.5 Å².